The van der Waals surface area contributed by atoms with Crippen molar-refractivity contribution in [1.82, 2.24) is 10.3 Å². The summed E-state index contributed by atoms with van der Waals surface area (Å²) in [5, 5.41) is 12.4. The molecule has 2 N–H and O–H groups in total. The van der Waals surface area contributed by atoms with Crippen LogP contribution in [0.15, 0.2) is 23.2 Å². The average Bonchev–Trinajstić information content (AvgIpc) is 2.32. The maximum absolute atomic E-state index is 8.96. The summed E-state index contributed by atoms with van der Waals surface area (Å²) in [5.41, 5.74) is 1.08. The van der Waals surface area contributed by atoms with E-state index in [2.05, 4.69) is 29.4 Å². The number of pyridine rings is 1. The zero-order valence-corrected chi connectivity index (χ0v) is 10.9. The van der Waals surface area contributed by atoms with Crippen LogP contribution in [0.5, 0.6) is 0 Å². The van der Waals surface area contributed by atoms with Crippen LogP contribution in [0.25, 0.3) is 0 Å². The van der Waals surface area contributed by atoms with E-state index < -0.39 is 0 Å². The van der Waals surface area contributed by atoms with Crippen LogP contribution in [0.4, 0.5) is 0 Å². The molecular formula is C12H20N2OS. The van der Waals surface area contributed by atoms with Crippen molar-refractivity contribution in [2.75, 3.05) is 13.7 Å². The minimum Gasteiger partial charge on any atom is -0.395 e. The van der Waals surface area contributed by atoms with Gasteiger partial charge in [-0.2, -0.15) is 0 Å². The van der Waals surface area contributed by atoms with E-state index in [-0.39, 0.29) is 11.9 Å². The predicted molar refractivity (Wildman–Crippen MR) is 68.7 cm³/mol. The van der Waals surface area contributed by atoms with E-state index in [0.29, 0.717) is 6.04 Å². The molecule has 0 amide bonds. The van der Waals surface area contributed by atoms with Gasteiger partial charge in [-0.1, -0.05) is 13.8 Å². The van der Waals surface area contributed by atoms with E-state index in [1.807, 2.05) is 20.2 Å². The van der Waals surface area contributed by atoms with Crippen molar-refractivity contribution in [3.05, 3.63) is 24.0 Å². The lowest BCUT2D eigenvalue weighted by atomic mass is 10.1. The van der Waals surface area contributed by atoms with Gasteiger partial charge in [0.25, 0.3) is 0 Å². The van der Waals surface area contributed by atoms with E-state index in [1.165, 1.54) is 0 Å². The Kier molecular flexibility index (Phi) is 5.80. The van der Waals surface area contributed by atoms with Crippen molar-refractivity contribution in [2.24, 2.45) is 0 Å². The summed E-state index contributed by atoms with van der Waals surface area (Å²) in [7, 11) is 1.95. The molecule has 0 saturated carbocycles. The minimum absolute atomic E-state index is 0.195. The van der Waals surface area contributed by atoms with Crippen LogP contribution < -0.4 is 5.32 Å². The molecule has 0 aromatic carbocycles. The Morgan fingerprint density at radius 1 is 1.50 bits per heavy atom. The van der Waals surface area contributed by atoms with Crippen LogP contribution in [0, 0.1) is 0 Å². The Morgan fingerprint density at radius 3 is 2.69 bits per heavy atom. The number of nitrogens with one attached hydrogen (secondary N) is 1. The number of aliphatic hydroxyl groups excluding tert-OH is 1. The fraction of sp³-hybridized carbons (Fsp3) is 0.583. The molecule has 90 valence electrons. The van der Waals surface area contributed by atoms with E-state index in [0.717, 1.165) is 17.0 Å². The van der Waals surface area contributed by atoms with Gasteiger partial charge < -0.3 is 10.4 Å². The van der Waals surface area contributed by atoms with Crippen molar-refractivity contribution >= 4 is 11.8 Å². The molecule has 0 spiro atoms. The first-order valence-corrected chi connectivity index (χ1v) is 6.50. The fourth-order valence-electron chi connectivity index (χ4n) is 1.50. The van der Waals surface area contributed by atoms with Gasteiger partial charge in [0.2, 0.25) is 0 Å². The topological polar surface area (TPSA) is 45.1 Å². The molecule has 3 nitrogen and oxygen atoms in total. The Morgan fingerprint density at radius 2 is 2.25 bits per heavy atom. The van der Waals surface area contributed by atoms with Crippen LogP contribution in [0.1, 0.15) is 32.0 Å². The zero-order chi connectivity index (χ0) is 12.0. The SMILES string of the molecule is CCC(NC)c1ccc(SC(C)CO)cn1. The van der Waals surface area contributed by atoms with Gasteiger partial charge in [0.05, 0.1) is 12.3 Å². The summed E-state index contributed by atoms with van der Waals surface area (Å²) in [4.78, 5) is 5.55. The number of aromatic nitrogens is 1. The average molecular weight is 240 g/mol. The zero-order valence-electron chi connectivity index (χ0n) is 10.1. The lowest BCUT2D eigenvalue weighted by Crippen LogP contribution is -2.16. The molecule has 4 heteroatoms. The molecule has 1 rings (SSSR count). The summed E-state index contributed by atoms with van der Waals surface area (Å²) in [6.45, 7) is 4.33. The lowest BCUT2D eigenvalue weighted by molar-refractivity contribution is 0.300. The first-order valence-electron chi connectivity index (χ1n) is 5.62. The first kappa shape index (κ1) is 13.5. The van der Waals surface area contributed by atoms with E-state index in [4.69, 9.17) is 5.11 Å². The third-order valence-electron chi connectivity index (χ3n) is 2.47. The monoisotopic (exact) mass is 240 g/mol. The maximum atomic E-state index is 8.96. The van der Waals surface area contributed by atoms with Crippen molar-refractivity contribution < 1.29 is 5.11 Å². The molecule has 2 atom stereocenters. The predicted octanol–water partition coefficient (Wildman–Crippen LogP) is 2.23. The van der Waals surface area contributed by atoms with Crippen LogP contribution in [-0.4, -0.2) is 29.0 Å². The number of hydrogen-bond acceptors (Lipinski definition) is 4. The molecule has 16 heavy (non-hydrogen) atoms. The highest BCUT2D eigenvalue weighted by atomic mass is 32.2. The number of hydrogen-bond donors (Lipinski definition) is 2. The van der Waals surface area contributed by atoms with Crippen molar-refractivity contribution in [2.45, 2.75) is 36.5 Å². The van der Waals surface area contributed by atoms with E-state index >= 15 is 0 Å². The highest BCUT2D eigenvalue weighted by molar-refractivity contribution is 8.00. The van der Waals surface area contributed by atoms with Gasteiger partial charge in [-0.15, -0.1) is 11.8 Å². The normalized spacial score (nSPS) is 14.8. The van der Waals surface area contributed by atoms with E-state index in [1.54, 1.807) is 11.8 Å². The molecule has 1 heterocycles. The van der Waals surface area contributed by atoms with Gasteiger partial charge in [-0.3, -0.25) is 4.98 Å². The number of thioether (sulfide) groups is 1. The molecule has 0 aliphatic rings. The van der Waals surface area contributed by atoms with Gasteiger partial charge in [0.15, 0.2) is 0 Å². The summed E-state index contributed by atoms with van der Waals surface area (Å²) in [5.74, 6) is 0. The van der Waals surface area contributed by atoms with Crippen molar-refractivity contribution in [3.8, 4) is 0 Å². The number of rotatable bonds is 6. The van der Waals surface area contributed by atoms with Gasteiger partial charge in [-0.25, -0.2) is 0 Å². The Bertz CT molecular complexity index is 298. The highest BCUT2D eigenvalue weighted by Crippen LogP contribution is 2.23. The standard InChI is InChI=1S/C12H20N2OS/c1-4-11(13-3)12-6-5-10(7-14-12)16-9(2)8-15/h5-7,9,11,13,15H,4,8H2,1-3H3. The van der Waals surface area contributed by atoms with Crippen molar-refractivity contribution in [1.29, 1.82) is 0 Å². The third kappa shape index (κ3) is 3.77. The maximum Gasteiger partial charge on any atom is 0.0573 e. The molecule has 0 aliphatic carbocycles. The van der Waals surface area contributed by atoms with Crippen LogP contribution >= 0.6 is 11.8 Å². The molecule has 0 radical (unpaired) electrons. The minimum atomic E-state index is 0.195. The van der Waals surface area contributed by atoms with Crippen LogP contribution in [-0.2, 0) is 0 Å². The van der Waals surface area contributed by atoms with Gasteiger partial charge in [0.1, 0.15) is 0 Å². The molecule has 0 fully saturated rings. The first-order chi connectivity index (χ1) is 7.71. The largest absolute Gasteiger partial charge is 0.395 e. The van der Waals surface area contributed by atoms with Gasteiger partial charge in [0, 0.05) is 22.4 Å². The molecule has 0 aliphatic heterocycles. The van der Waals surface area contributed by atoms with E-state index in [9.17, 15) is 0 Å². The Balaban J connectivity index is 2.67. The molecule has 0 bridgehead atoms. The van der Waals surface area contributed by atoms with Gasteiger partial charge >= 0.3 is 0 Å². The molecule has 2 unspecified atom stereocenters. The van der Waals surface area contributed by atoms with Crippen molar-refractivity contribution in [3.63, 3.8) is 0 Å². The summed E-state index contributed by atoms with van der Waals surface area (Å²) in [6, 6.07) is 4.45. The fourth-order valence-corrected chi connectivity index (χ4v) is 2.30. The number of nitrogens with zero attached hydrogens (tertiary/aromatic N) is 1. The smallest absolute Gasteiger partial charge is 0.0573 e. The third-order valence-corrected chi connectivity index (χ3v) is 3.53. The highest BCUT2D eigenvalue weighted by Gasteiger charge is 2.08. The molecule has 1 aromatic heterocycles. The second-order valence-corrected chi connectivity index (χ2v) is 5.29. The molecule has 1 aromatic rings. The summed E-state index contributed by atoms with van der Waals surface area (Å²) < 4.78 is 0. The Labute approximate surface area is 102 Å². The van der Waals surface area contributed by atoms with Gasteiger partial charge in [-0.05, 0) is 25.6 Å². The van der Waals surface area contributed by atoms with Crippen LogP contribution in [0.2, 0.25) is 0 Å². The molecular weight excluding hydrogens is 220 g/mol. The lowest BCUT2D eigenvalue weighted by Gasteiger charge is -2.14. The second-order valence-electron chi connectivity index (χ2n) is 3.78. The Hall–Kier alpha value is -0.580. The summed E-state index contributed by atoms with van der Waals surface area (Å²) >= 11 is 1.65. The second kappa shape index (κ2) is 6.89. The molecule has 0 saturated heterocycles. The number of aliphatic hydroxyl groups is 1. The van der Waals surface area contributed by atoms with Crippen LogP contribution in [0.3, 0.4) is 0 Å². The summed E-state index contributed by atoms with van der Waals surface area (Å²) in [6.07, 6.45) is 2.91. The quantitative estimate of drug-likeness (QED) is 0.748.